The van der Waals surface area contributed by atoms with E-state index in [1.807, 2.05) is 0 Å². The first-order chi connectivity index (χ1) is 7.56. The third kappa shape index (κ3) is 3.19. The average Bonchev–Trinajstić information content (AvgIpc) is 2.64. The molecule has 0 amide bonds. The fraction of sp³-hybridized carbons (Fsp3) is 1.00. The van der Waals surface area contributed by atoms with E-state index < -0.39 is 0 Å². The van der Waals surface area contributed by atoms with Crippen LogP contribution in [0, 0.1) is 5.92 Å². The molecule has 2 atom stereocenters. The highest BCUT2D eigenvalue weighted by molar-refractivity contribution is 4.91. The Morgan fingerprint density at radius 1 is 1.31 bits per heavy atom. The van der Waals surface area contributed by atoms with E-state index in [0.717, 1.165) is 25.1 Å². The van der Waals surface area contributed by atoms with Gasteiger partial charge in [0.25, 0.3) is 0 Å². The van der Waals surface area contributed by atoms with Crippen LogP contribution in [-0.2, 0) is 4.74 Å². The van der Waals surface area contributed by atoms with Crippen LogP contribution in [0.3, 0.4) is 0 Å². The zero-order chi connectivity index (χ0) is 11.6. The number of piperidine rings is 1. The lowest BCUT2D eigenvalue weighted by atomic mass is 9.92. The maximum atomic E-state index is 5.82. The standard InChI is InChI=1S/C13H26N2O/c1-13(2,3)16-8-7-15-6-4-5-11-9-14-10-12(11)15/h11-12,14H,4-10H2,1-3H3. The Bertz CT molecular complexity index is 224. The van der Waals surface area contributed by atoms with E-state index in [1.165, 1.54) is 32.5 Å². The summed E-state index contributed by atoms with van der Waals surface area (Å²) in [6.45, 7) is 12.0. The molecule has 3 nitrogen and oxygen atoms in total. The Morgan fingerprint density at radius 2 is 2.12 bits per heavy atom. The second-order valence-electron chi connectivity index (χ2n) is 6.12. The lowest BCUT2D eigenvalue weighted by Crippen LogP contribution is -2.46. The van der Waals surface area contributed by atoms with Crippen LogP contribution in [0.2, 0.25) is 0 Å². The first kappa shape index (κ1) is 12.3. The number of hydrogen-bond donors (Lipinski definition) is 1. The highest BCUT2D eigenvalue weighted by Crippen LogP contribution is 2.26. The second kappa shape index (κ2) is 5.03. The van der Waals surface area contributed by atoms with Crippen molar-refractivity contribution in [2.45, 2.75) is 45.3 Å². The molecule has 0 bridgehead atoms. The highest BCUT2D eigenvalue weighted by atomic mass is 16.5. The number of rotatable bonds is 3. The largest absolute Gasteiger partial charge is 0.375 e. The number of nitrogens with zero attached hydrogens (tertiary/aromatic N) is 1. The summed E-state index contributed by atoms with van der Waals surface area (Å²) in [6.07, 6.45) is 2.77. The van der Waals surface area contributed by atoms with E-state index >= 15 is 0 Å². The van der Waals surface area contributed by atoms with Crippen molar-refractivity contribution in [1.29, 1.82) is 0 Å². The summed E-state index contributed by atoms with van der Waals surface area (Å²) in [7, 11) is 0. The second-order valence-corrected chi connectivity index (χ2v) is 6.12. The monoisotopic (exact) mass is 226 g/mol. The summed E-state index contributed by atoms with van der Waals surface area (Å²) in [5, 5.41) is 3.52. The minimum absolute atomic E-state index is 0.00309. The quantitative estimate of drug-likeness (QED) is 0.789. The van der Waals surface area contributed by atoms with Gasteiger partial charge >= 0.3 is 0 Å². The number of likely N-dealkylation sites (tertiary alicyclic amines) is 1. The van der Waals surface area contributed by atoms with Crippen LogP contribution in [0.15, 0.2) is 0 Å². The van der Waals surface area contributed by atoms with E-state index in [0.29, 0.717) is 0 Å². The van der Waals surface area contributed by atoms with Gasteiger partial charge < -0.3 is 10.1 Å². The minimum Gasteiger partial charge on any atom is -0.375 e. The summed E-state index contributed by atoms with van der Waals surface area (Å²) >= 11 is 0. The minimum atomic E-state index is 0.00309. The van der Waals surface area contributed by atoms with Gasteiger partial charge in [-0.15, -0.1) is 0 Å². The van der Waals surface area contributed by atoms with Gasteiger partial charge in [0.05, 0.1) is 12.2 Å². The molecule has 2 fully saturated rings. The van der Waals surface area contributed by atoms with Crippen molar-refractivity contribution in [2.24, 2.45) is 5.92 Å². The van der Waals surface area contributed by atoms with E-state index in [1.54, 1.807) is 0 Å². The van der Waals surface area contributed by atoms with Gasteiger partial charge in [-0.1, -0.05) is 0 Å². The van der Waals surface area contributed by atoms with Gasteiger partial charge in [-0.25, -0.2) is 0 Å². The van der Waals surface area contributed by atoms with Gasteiger partial charge in [-0.3, -0.25) is 4.90 Å². The molecule has 94 valence electrons. The molecule has 2 unspecified atom stereocenters. The van der Waals surface area contributed by atoms with Crippen LogP contribution >= 0.6 is 0 Å². The van der Waals surface area contributed by atoms with Crippen LogP contribution in [0.25, 0.3) is 0 Å². The summed E-state index contributed by atoms with van der Waals surface area (Å²) in [5.41, 5.74) is 0.00309. The molecule has 1 N–H and O–H groups in total. The van der Waals surface area contributed by atoms with E-state index in [9.17, 15) is 0 Å². The third-order valence-corrected chi connectivity index (χ3v) is 3.71. The summed E-state index contributed by atoms with van der Waals surface area (Å²) in [4.78, 5) is 2.62. The molecule has 2 rings (SSSR count). The topological polar surface area (TPSA) is 24.5 Å². The van der Waals surface area contributed by atoms with Crippen LogP contribution in [0.1, 0.15) is 33.6 Å². The van der Waals surface area contributed by atoms with Gasteiger partial charge in [-0.2, -0.15) is 0 Å². The molecule has 16 heavy (non-hydrogen) atoms. The van der Waals surface area contributed by atoms with Gasteiger partial charge in [0.1, 0.15) is 0 Å². The molecular formula is C13H26N2O. The Balaban J connectivity index is 1.76. The van der Waals surface area contributed by atoms with Crippen LogP contribution in [0.4, 0.5) is 0 Å². The Hall–Kier alpha value is -0.120. The van der Waals surface area contributed by atoms with Gasteiger partial charge in [0.15, 0.2) is 0 Å². The predicted molar refractivity (Wildman–Crippen MR) is 66.7 cm³/mol. The summed E-state index contributed by atoms with van der Waals surface area (Å²) < 4.78 is 5.82. The van der Waals surface area contributed by atoms with Gasteiger partial charge in [0, 0.05) is 19.1 Å². The number of hydrogen-bond acceptors (Lipinski definition) is 3. The molecule has 2 heterocycles. The lowest BCUT2D eigenvalue weighted by molar-refractivity contribution is -0.0227. The van der Waals surface area contributed by atoms with E-state index in [2.05, 4.69) is 31.0 Å². The SMILES string of the molecule is CC(C)(C)OCCN1CCCC2CNCC21. The first-order valence-corrected chi connectivity index (χ1v) is 6.65. The number of ether oxygens (including phenoxy) is 1. The zero-order valence-electron chi connectivity index (χ0n) is 11.0. The molecule has 0 aromatic rings. The normalized spacial score (nSPS) is 31.7. The maximum absolute atomic E-state index is 5.82. The zero-order valence-corrected chi connectivity index (χ0v) is 11.0. The van der Waals surface area contributed by atoms with Crippen molar-refractivity contribution >= 4 is 0 Å². The van der Waals surface area contributed by atoms with Crippen molar-refractivity contribution in [1.82, 2.24) is 10.2 Å². The lowest BCUT2D eigenvalue weighted by Gasteiger charge is -2.37. The van der Waals surface area contributed by atoms with Crippen LogP contribution in [-0.4, -0.2) is 49.3 Å². The Labute approximate surface area is 99.5 Å². The Kier molecular flexibility index (Phi) is 3.88. The first-order valence-electron chi connectivity index (χ1n) is 6.65. The maximum Gasteiger partial charge on any atom is 0.0600 e. The fourth-order valence-electron chi connectivity index (χ4n) is 2.91. The van der Waals surface area contributed by atoms with Crippen molar-refractivity contribution < 1.29 is 4.74 Å². The molecule has 2 aliphatic rings. The number of fused-ring (bicyclic) bond motifs is 1. The predicted octanol–water partition coefficient (Wildman–Crippen LogP) is 1.49. The van der Waals surface area contributed by atoms with Gasteiger partial charge in [0.2, 0.25) is 0 Å². The Morgan fingerprint density at radius 3 is 2.88 bits per heavy atom. The number of nitrogens with one attached hydrogen (secondary N) is 1. The van der Waals surface area contributed by atoms with Gasteiger partial charge in [-0.05, 0) is 52.6 Å². The molecule has 2 aliphatic heterocycles. The van der Waals surface area contributed by atoms with Crippen LogP contribution in [0.5, 0.6) is 0 Å². The van der Waals surface area contributed by atoms with Crippen molar-refractivity contribution in [3.05, 3.63) is 0 Å². The van der Waals surface area contributed by atoms with E-state index in [4.69, 9.17) is 4.74 Å². The summed E-state index contributed by atoms with van der Waals surface area (Å²) in [5.74, 6) is 0.892. The van der Waals surface area contributed by atoms with Crippen LogP contribution < -0.4 is 5.32 Å². The highest BCUT2D eigenvalue weighted by Gasteiger charge is 2.34. The molecule has 3 heteroatoms. The molecule has 0 aliphatic carbocycles. The summed E-state index contributed by atoms with van der Waals surface area (Å²) in [6, 6.07) is 0.775. The fourth-order valence-corrected chi connectivity index (χ4v) is 2.91. The molecule has 0 saturated carbocycles. The smallest absolute Gasteiger partial charge is 0.0600 e. The molecule has 0 spiro atoms. The van der Waals surface area contributed by atoms with Crippen molar-refractivity contribution in [3.8, 4) is 0 Å². The average molecular weight is 226 g/mol. The molecular weight excluding hydrogens is 200 g/mol. The molecule has 0 aromatic carbocycles. The molecule has 2 saturated heterocycles. The van der Waals surface area contributed by atoms with Crippen molar-refractivity contribution in [3.63, 3.8) is 0 Å². The van der Waals surface area contributed by atoms with Crippen molar-refractivity contribution in [2.75, 3.05) is 32.8 Å². The van der Waals surface area contributed by atoms with E-state index in [-0.39, 0.29) is 5.60 Å². The molecule has 0 aromatic heterocycles. The third-order valence-electron chi connectivity index (χ3n) is 3.71. The molecule has 0 radical (unpaired) electrons.